The average molecular weight is 230 g/mol. The predicted octanol–water partition coefficient (Wildman–Crippen LogP) is 2.43. The molecule has 2 rings (SSSR count). The molecule has 1 aromatic carbocycles. The monoisotopic (exact) mass is 230 g/mol. The van der Waals surface area contributed by atoms with Gasteiger partial charge in [-0.15, -0.1) is 0 Å². The highest BCUT2D eigenvalue weighted by atomic mass is 16.2. The maximum atomic E-state index is 11.9. The number of aromatic nitrogens is 1. The zero-order valence-corrected chi connectivity index (χ0v) is 10.6. The molecule has 0 fully saturated rings. The van der Waals surface area contributed by atoms with Crippen molar-refractivity contribution < 1.29 is 4.79 Å². The fraction of sp³-hybridized carbons (Fsp3) is 0.357. The lowest BCUT2D eigenvalue weighted by molar-refractivity contribution is -0.130. The molecule has 0 N–H and O–H groups in total. The minimum atomic E-state index is 0.144. The van der Waals surface area contributed by atoms with E-state index in [4.69, 9.17) is 0 Å². The van der Waals surface area contributed by atoms with Gasteiger partial charge < -0.3 is 9.47 Å². The lowest BCUT2D eigenvalue weighted by atomic mass is 10.2. The van der Waals surface area contributed by atoms with Crippen LogP contribution in [-0.2, 0) is 11.3 Å². The van der Waals surface area contributed by atoms with E-state index >= 15 is 0 Å². The lowest BCUT2D eigenvalue weighted by Crippen LogP contribution is -2.29. The summed E-state index contributed by atoms with van der Waals surface area (Å²) in [5.41, 5.74) is 2.36. The van der Waals surface area contributed by atoms with E-state index < -0.39 is 0 Å². The van der Waals surface area contributed by atoms with Gasteiger partial charge in [0.15, 0.2) is 0 Å². The first kappa shape index (κ1) is 11.7. The van der Waals surface area contributed by atoms with Crippen molar-refractivity contribution in [3.8, 4) is 0 Å². The second-order valence-electron chi connectivity index (χ2n) is 4.41. The SMILES string of the molecule is CCN(C)C(=O)Cn1ccc2cc(C)ccc21. The van der Waals surface area contributed by atoms with E-state index in [-0.39, 0.29) is 5.91 Å². The van der Waals surface area contributed by atoms with Crippen molar-refractivity contribution in [3.63, 3.8) is 0 Å². The van der Waals surface area contributed by atoms with E-state index in [0.717, 1.165) is 12.1 Å². The normalized spacial score (nSPS) is 10.8. The number of aryl methyl sites for hydroxylation is 1. The maximum absolute atomic E-state index is 11.9. The minimum absolute atomic E-state index is 0.144. The van der Waals surface area contributed by atoms with Crippen LogP contribution in [0.25, 0.3) is 10.9 Å². The number of fused-ring (bicyclic) bond motifs is 1. The molecule has 0 unspecified atom stereocenters. The molecular weight excluding hydrogens is 212 g/mol. The number of amides is 1. The second-order valence-corrected chi connectivity index (χ2v) is 4.41. The number of rotatable bonds is 3. The third-order valence-corrected chi connectivity index (χ3v) is 3.13. The Kier molecular flexibility index (Phi) is 3.18. The summed E-state index contributed by atoms with van der Waals surface area (Å²) in [4.78, 5) is 13.6. The van der Waals surface area contributed by atoms with Crippen molar-refractivity contribution in [2.24, 2.45) is 0 Å². The summed E-state index contributed by atoms with van der Waals surface area (Å²) < 4.78 is 2.00. The van der Waals surface area contributed by atoms with Gasteiger partial charge in [-0.25, -0.2) is 0 Å². The van der Waals surface area contributed by atoms with Crippen LogP contribution in [0, 0.1) is 6.92 Å². The molecule has 0 spiro atoms. The molecule has 3 heteroatoms. The van der Waals surface area contributed by atoms with E-state index in [0.29, 0.717) is 6.54 Å². The summed E-state index contributed by atoms with van der Waals surface area (Å²) in [5.74, 6) is 0.144. The molecule has 0 aliphatic carbocycles. The van der Waals surface area contributed by atoms with Crippen LogP contribution in [0.2, 0.25) is 0 Å². The van der Waals surface area contributed by atoms with E-state index in [1.807, 2.05) is 24.7 Å². The number of carbonyl (C=O) groups is 1. The van der Waals surface area contributed by atoms with Gasteiger partial charge in [0.05, 0.1) is 0 Å². The first-order valence-electron chi connectivity index (χ1n) is 5.91. The van der Waals surface area contributed by atoms with Crippen LogP contribution < -0.4 is 0 Å². The van der Waals surface area contributed by atoms with Crippen molar-refractivity contribution in [1.82, 2.24) is 9.47 Å². The molecule has 1 aromatic heterocycles. The number of nitrogens with zero attached hydrogens (tertiary/aromatic N) is 2. The summed E-state index contributed by atoms with van der Waals surface area (Å²) in [7, 11) is 1.83. The van der Waals surface area contributed by atoms with Gasteiger partial charge in [0.1, 0.15) is 6.54 Å². The quantitative estimate of drug-likeness (QED) is 0.795. The van der Waals surface area contributed by atoms with Crippen molar-refractivity contribution in [2.45, 2.75) is 20.4 Å². The van der Waals surface area contributed by atoms with Crippen molar-refractivity contribution in [3.05, 3.63) is 36.0 Å². The Morgan fingerprint density at radius 2 is 2.12 bits per heavy atom. The molecule has 0 bridgehead atoms. The Bertz CT molecular complexity index is 542. The molecule has 0 saturated carbocycles. The summed E-state index contributed by atoms with van der Waals surface area (Å²) in [5, 5.41) is 1.19. The van der Waals surface area contributed by atoms with Gasteiger partial charge in [-0.05, 0) is 37.4 Å². The predicted molar refractivity (Wildman–Crippen MR) is 70.0 cm³/mol. The van der Waals surface area contributed by atoms with E-state index in [9.17, 15) is 4.79 Å². The fourth-order valence-electron chi connectivity index (χ4n) is 1.90. The Morgan fingerprint density at radius 1 is 1.35 bits per heavy atom. The second kappa shape index (κ2) is 4.62. The van der Waals surface area contributed by atoms with Gasteiger partial charge in [-0.1, -0.05) is 11.6 Å². The molecule has 1 heterocycles. The summed E-state index contributed by atoms with van der Waals surface area (Å²) >= 11 is 0. The number of hydrogen-bond acceptors (Lipinski definition) is 1. The topological polar surface area (TPSA) is 25.2 Å². The molecular formula is C14H18N2O. The zero-order valence-electron chi connectivity index (χ0n) is 10.6. The standard InChI is InChI=1S/C14H18N2O/c1-4-15(3)14(17)10-16-8-7-12-9-11(2)5-6-13(12)16/h5-9H,4,10H2,1-3H3. The van der Waals surface area contributed by atoms with Crippen LogP contribution in [0.15, 0.2) is 30.5 Å². The number of hydrogen-bond donors (Lipinski definition) is 0. The van der Waals surface area contributed by atoms with E-state index in [1.54, 1.807) is 4.90 Å². The van der Waals surface area contributed by atoms with Crippen molar-refractivity contribution in [1.29, 1.82) is 0 Å². The van der Waals surface area contributed by atoms with E-state index in [1.165, 1.54) is 10.9 Å². The van der Waals surface area contributed by atoms with Gasteiger partial charge >= 0.3 is 0 Å². The molecule has 90 valence electrons. The minimum Gasteiger partial charge on any atom is -0.344 e. The third kappa shape index (κ3) is 2.33. The highest BCUT2D eigenvalue weighted by Gasteiger charge is 2.09. The third-order valence-electron chi connectivity index (χ3n) is 3.13. The van der Waals surface area contributed by atoms with Gasteiger partial charge in [0, 0.05) is 25.3 Å². The molecule has 2 aromatic rings. The first-order chi connectivity index (χ1) is 8.11. The van der Waals surface area contributed by atoms with Gasteiger partial charge in [-0.3, -0.25) is 4.79 Å². The Morgan fingerprint density at radius 3 is 2.82 bits per heavy atom. The average Bonchev–Trinajstić information content (AvgIpc) is 2.70. The fourth-order valence-corrected chi connectivity index (χ4v) is 1.90. The number of carbonyl (C=O) groups excluding carboxylic acids is 1. The Balaban J connectivity index is 2.28. The molecule has 0 aliphatic heterocycles. The molecule has 0 saturated heterocycles. The van der Waals surface area contributed by atoms with Crippen molar-refractivity contribution in [2.75, 3.05) is 13.6 Å². The largest absolute Gasteiger partial charge is 0.344 e. The Labute approximate surface area is 102 Å². The van der Waals surface area contributed by atoms with Crippen LogP contribution >= 0.6 is 0 Å². The Hall–Kier alpha value is -1.77. The summed E-state index contributed by atoms with van der Waals surface area (Å²) in [6.07, 6.45) is 1.98. The van der Waals surface area contributed by atoms with Crippen LogP contribution in [0.5, 0.6) is 0 Å². The zero-order chi connectivity index (χ0) is 12.4. The van der Waals surface area contributed by atoms with Crippen LogP contribution in [-0.4, -0.2) is 29.0 Å². The van der Waals surface area contributed by atoms with Crippen LogP contribution in [0.4, 0.5) is 0 Å². The summed E-state index contributed by atoms with van der Waals surface area (Å²) in [6.45, 7) is 5.22. The highest BCUT2D eigenvalue weighted by Crippen LogP contribution is 2.17. The van der Waals surface area contributed by atoms with Gasteiger partial charge in [0.2, 0.25) is 5.91 Å². The molecule has 3 nitrogen and oxygen atoms in total. The number of likely N-dealkylation sites (N-methyl/N-ethyl adjacent to an activating group) is 1. The van der Waals surface area contributed by atoms with Crippen molar-refractivity contribution >= 4 is 16.8 Å². The highest BCUT2D eigenvalue weighted by molar-refractivity contribution is 5.83. The van der Waals surface area contributed by atoms with Gasteiger partial charge in [0.25, 0.3) is 0 Å². The maximum Gasteiger partial charge on any atom is 0.242 e. The van der Waals surface area contributed by atoms with Gasteiger partial charge in [-0.2, -0.15) is 0 Å². The number of benzene rings is 1. The van der Waals surface area contributed by atoms with Crippen LogP contribution in [0.3, 0.4) is 0 Å². The molecule has 0 atom stereocenters. The van der Waals surface area contributed by atoms with E-state index in [2.05, 4.69) is 31.2 Å². The molecule has 0 aliphatic rings. The van der Waals surface area contributed by atoms with Crippen LogP contribution in [0.1, 0.15) is 12.5 Å². The molecule has 0 radical (unpaired) electrons. The smallest absolute Gasteiger partial charge is 0.242 e. The lowest BCUT2D eigenvalue weighted by Gasteiger charge is -2.15. The molecule has 17 heavy (non-hydrogen) atoms. The molecule has 1 amide bonds. The summed E-state index contributed by atoms with van der Waals surface area (Å²) in [6, 6.07) is 8.35. The first-order valence-corrected chi connectivity index (χ1v) is 5.91.